The molecule has 2 N–H and O–H groups in total. The van der Waals surface area contributed by atoms with Crippen LogP contribution in [-0.4, -0.2) is 9.55 Å². The van der Waals surface area contributed by atoms with Gasteiger partial charge in [-0.25, -0.2) is 4.98 Å². The lowest BCUT2D eigenvalue weighted by molar-refractivity contribution is 0.388. The van der Waals surface area contributed by atoms with Crippen LogP contribution in [0.5, 0.6) is 0 Å². The van der Waals surface area contributed by atoms with Gasteiger partial charge in [-0.1, -0.05) is 32.1 Å². The minimum Gasteiger partial charge on any atom is -0.399 e. The van der Waals surface area contributed by atoms with Gasteiger partial charge in [-0.15, -0.1) is 6.58 Å². The third kappa shape index (κ3) is 5.47. The van der Waals surface area contributed by atoms with Gasteiger partial charge in [-0.2, -0.15) is 0 Å². The van der Waals surface area contributed by atoms with E-state index in [4.69, 9.17) is 5.73 Å². The molecule has 0 radical (unpaired) electrons. The van der Waals surface area contributed by atoms with E-state index in [1.165, 1.54) is 19.3 Å². The largest absolute Gasteiger partial charge is 0.399 e. The summed E-state index contributed by atoms with van der Waals surface area (Å²) in [6.07, 6.45) is 13.9. The van der Waals surface area contributed by atoms with Crippen LogP contribution in [0, 0.1) is 5.92 Å². The molecule has 3 nitrogen and oxygen atoms in total. The second-order valence-electron chi connectivity index (χ2n) is 5.22. The van der Waals surface area contributed by atoms with Crippen molar-refractivity contribution < 1.29 is 0 Å². The number of hydrogen-bond acceptors (Lipinski definition) is 2. The molecule has 0 saturated heterocycles. The lowest BCUT2D eigenvalue weighted by Crippen LogP contribution is -2.05. The number of aromatic nitrogens is 2. The predicted octanol–water partition coefficient (Wildman–Crippen LogP) is 3.53. The van der Waals surface area contributed by atoms with Crippen LogP contribution in [0.2, 0.25) is 0 Å². The van der Waals surface area contributed by atoms with Gasteiger partial charge >= 0.3 is 0 Å². The first-order valence-corrected chi connectivity index (χ1v) is 7.31. The summed E-state index contributed by atoms with van der Waals surface area (Å²) in [4.78, 5) is 4.47. The van der Waals surface area contributed by atoms with E-state index in [9.17, 15) is 0 Å². The van der Waals surface area contributed by atoms with Crippen LogP contribution in [-0.2, 0) is 19.9 Å². The molecule has 0 unspecified atom stereocenters. The van der Waals surface area contributed by atoms with Crippen molar-refractivity contribution in [3.8, 4) is 0 Å². The third-order valence-corrected chi connectivity index (χ3v) is 3.50. The van der Waals surface area contributed by atoms with Gasteiger partial charge in [0.1, 0.15) is 5.82 Å². The summed E-state index contributed by atoms with van der Waals surface area (Å²) in [5.41, 5.74) is 7.12. The summed E-state index contributed by atoms with van der Waals surface area (Å²) in [5, 5.41) is 0. The molecule has 0 aliphatic heterocycles. The minimum absolute atomic E-state index is 0.579. The van der Waals surface area contributed by atoms with Crippen LogP contribution in [0.25, 0.3) is 0 Å². The molecule has 0 bridgehead atoms. The molecular formula is C17H27N3. The van der Waals surface area contributed by atoms with Gasteiger partial charge in [-0.05, 0) is 31.3 Å². The summed E-state index contributed by atoms with van der Waals surface area (Å²) >= 11 is 0. The van der Waals surface area contributed by atoms with E-state index in [1.54, 1.807) is 6.08 Å². The number of allylic oxidation sites excluding steroid dienone is 3. The summed E-state index contributed by atoms with van der Waals surface area (Å²) in [6.45, 7) is 9.38. The molecule has 2 rings (SSSR count). The van der Waals surface area contributed by atoms with Crippen molar-refractivity contribution in [3.63, 3.8) is 0 Å². The number of nitrogens with zero attached hydrogens (tertiary/aromatic N) is 2. The second-order valence-corrected chi connectivity index (χ2v) is 5.22. The van der Waals surface area contributed by atoms with Crippen LogP contribution < -0.4 is 5.73 Å². The van der Waals surface area contributed by atoms with E-state index in [-0.39, 0.29) is 0 Å². The predicted molar refractivity (Wildman–Crippen MR) is 86.3 cm³/mol. The fourth-order valence-electron chi connectivity index (χ4n) is 1.92. The zero-order chi connectivity index (χ0) is 15.0. The van der Waals surface area contributed by atoms with E-state index in [2.05, 4.69) is 37.3 Å². The van der Waals surface area contributed by atoms with E-state index >= 15 is 0 Å². The average Bonchev–Trinajstić information content (AvgIpc) is 2.69. The molecule has 20 heavy (non-hydrogen) atoms. The van der Waals surface area contributed by atoms with Crippen molar-refractivity contribution in [3.05, 3.63) is 54.8 Å². The maximum atomic E-state index is 5.42. The van der Waals surface area contributed by atoms with Crippen molar-refractivity contribution in [2.75, 3.05) is 0 Å². The van der Waals surface area contributed by atoms with Gasteiger partial charge in [0.2, 0.25) is 0 Å². The number of nitrogens with two attached hydrogens (primary N) is 1. The third-order valence-electron chi connectivity index (χ3n) is 3.50. The Balaban J connectivity index is 0.000000276. The normalized spacial score (nSPS) is 14.5. The quantitative estimate of drug-likeness (QED) is 0.659. The number of hydrogen-bond donors (Lipinski definition) is 1. The van der Waals surface area contributed by atoms with Crippen LogP contribution in [0.15, 0.2) is 43.3 Å². The molecule has 1 aliphatic rings. The molecule has 3 heteroatoms. The molecule has 0 amide bonds. The summed E-state index contributed by atoms with van der Waals surface area (Å²) in [5.74, 6) is 1.93. The highest BCUT2D eigenvalue weighted by Crippen LogP contribution is 2.26. The Morgan fingerprint density at radius 1 is 1.55 bits per heavy atom. The average molecular weight is 273 g/mol. The van der Waals surface area contributed by atoms with Gasteiger partial charge in [0, 0.05) is 25.4 Å². The standard InChI is InChI=1S/C11H17N3.C6H10/c1-4-10-8-14(3)11(13-10)7-5-6-9(2)12;1-2-6-4-3-5-6/h5-6,8H,2,4,7,12H2,1,3H3;2,6H,1,3-5H2/b6-5+;. The lowest BCUT2D eigenvalue weighted by Gasteiger charge is -2.20. The molecule has 0 spiro atoms. The molecule has 1 aromatic rings. The lowest BCUT2D eigenvalue weighted by atomic mass is 9.86. The molecule has 1 saturated carbocycles. The Hall–Kier alpha value is -1.77. The highest BCUT2D eigenvalue weighted by Gasteiger charge is 2.11. The SMILES string of the molecule is C=C(N)/C=C/Cc1nc(CC)cn1C.C=CC1CCC1. The van der Waals surface area contributed by atoms with Crippen molar-refractivity contribution in [2.45, 2.75) is 39.0 Å². The Bertz CT molecular complexity index is 465. The van der Waals surface area contributed by atoms with Crippen LogP contribution in [0.1, 0.15) is 37.7 Å². The maximum absolute atomic E-state index is 5.42. The molecule has 1 fully saturated rings. The van der Waals surface area contributed by atoms with Gasteiger partial charge in [0.15, 0.2) is 0 Å². The first-order chi connectivity index (χ1) is 9.56. The highest BCUT2D eigenvalue weighted by molar-refractivity contribution is 5.13. The molecule has 1 heterocycles. The number of imidazole rings is 1. The molecule has 0 aromatic carbocycles. The Labute approximate surface area is 122 Å². The van der Waals surface area contributed by atoms with Crippen LogP contribution >= 0.6 is 0 Å². The zero-order valence-corrected chi connectivity index (χ0v) is 12.8. The molecule has 1 aromatic heterocycles. The summed E-state index contributed by atoms with van der Waals surface area (Å²) in [7, 11) is 2.01. The topological polar surface area (TPSA) is 43.8 Å². The van der Waals surface area contributed by atoms with Crippen molar-refractivity contribution >= 4 is 0 Å². The van der Waals surface area contributed by atoms with E-state index < -0.39 is 0 Å². The van der Waals surface area contributed by atoms with Crippen molar-refractivity contribution in [1.82, 2.24) is 9.55 Å². The first kappa shape index (κ1) is 16.3. The second kappa shape index (κ2) is 8.41. The van der Waals surface area contributed by atoms with E-state index in [0.717, 1.165) is 30.3 Å². The molecular weight excluding hydrogens is 246 g/mol. The molecule has 0 atom stereocenters. The monoisotopic (exact) mass is 273 g/mol. The fourth-order valence-corrected chi connectivity index (χ4v) is 1.92. The number of rotatable bonds is 5. The van der Waals surface area contributed by atoms with Crippen LogP contribution in [0.3, 0.4) is 0 Å². The fraction of sp³-hybridized carbons (Fsp3) is 0.471. The minimum atomic E-state index is 0.579. The first-order valence-electron chi connectivity index (χ1n) is 7.31. The smallest absolute Gasteiger partial charge is 0.112 e. The van der Waals surface area contributed by atoms with E-state index in [1.807, 2.05) is 17.7 Å². The Kier molecular flexibility index (Phi) is 6.85. The zero-order valence-electron chi connectivity index (χ0n) is 12.8. The van der Waals surface area contributed by atoms with Gasteiger partial charge in [0.25, 0.3) is 0 Å². The molecule has 1 aliphatic carbocycles. The van der Waals surface area contributed by atoms with Crippen molar-refractivity contribution in [1.29, 1.82) is 0 Å². The maximum Gasteiger partial charge on any atom is 0.112 e. The summed E-state index contributed by atoms with van der Waals surface area (Å²) in [6, 6.07) is 0. The Morgan fingerprint density at radius 2 is 2.25 bits per heavy atom. The van der Waals surface area contributed by atoms with E-state index in [0.29, 0.717) is 5.70 Å². The molecule has 110 valence electrons. The Morgan fingerprint density at radius 3 is 2.60 bits per heavy atom. The van der Waals surface area contributed by atoms with Gasteiger partial charge in [0.05, 0.1) is 5.69 Å². The summed E-state index contributed by atoms with van der Waals surface area (Å²) < 4.78 is 2.04. The number of aryl methyl sites for hydroxylation is 2. The highest BCUT2D eigenvalue weighted by atomic mass is 15.0. The van der Waals surface area contributed by atoms with Crippen molar-refractivity contribution in [2.24, 2.45) is 18.7 Å². The van der Waals surface area contributed by atoms with Gasteiger partial charge in [-0.3, -0.25) is 0 Å². The van der Waals surface area contributed by atoms with Crippen LogP contribution in [0.4, 0.5) is 0 Å². The van der Waals surface area contributed by atoms with Gasteiger partial charge < -0.3 is 10.3 Å².